The molecule has 4 heteroatoms. The van der Waals surface area contributed by atoms with Gasteiger partial charge in [0, 0.05) is 19.1 Å². The van der Waals surface area contributed by atoms with Crippen molar-refractivity contribution >= 4 is 54.5 Å². The molecule has 0 saturated carbocycles. The van der Waals surface area contributed by atoms with Crippen molar-refractivity contribution in [3.8, 4) is 0 Å². The summed E-state index contributed by atoms with van der Waals surface area (Å²) in [5.41, 5.74) is 1.38. The highest BCUT2D eigenvalue weighted by Gasteiger charge is 2.17. The molecule has 0 aliphatic carbocycles. The van der Waals surface area contributed by atoms with Gasteiger partial charge in [0.25, 0.3) is 0 Å². The highest BCUT2D eigenvalue weighted by Crippen LogP contribution is 2.42. The van der Waals surface area contributed by atoms with Crippen molar-refractivity contribution in [2.45, 2.75) is 18.7 Å². The Morgan fingerprint density at radius 3 is 2.53 bits per heavy atom. The van der Waals surface area contributed by atoms with Gasteiger partial charge in [0.05, 0.1) is 4.83 Å². The van der Waals surface area contributed by atoms with Gasteiger partial charge < -0.3 is 0 Å². The van der Waals surface area contributed by atoms with Gasteiger partial charge in [-0.25, -0.2) is 0 Å². The average Bonchev–Trinajstić information content (AvgIpc) is 2.74. The molecule has 0 nitrogen and oxygen atoms in total. The van der Waals surface area contributed by atoms with Gasteiger partial charge in [-0.15, -0.1) is 22.7 Å². The lowest BCUT2D eigenvalue weighted by Crippen LogP contribution is -1.85. The first kappa shape index (κ1) is 11.8. The Bertz CT molecular complexity index is 451. The Morgan fingerprint density at radius 1 is 1.33 bits per heavy atom. The van der Waals surface area contributed by atoms with E-state index in [1.165, 1.54) is 24.7 Å². The molecule has 0 spiro atoms. The number of thiophene rings is 2. The van der Waals surface area contributed by atoms with Crippen molar-refractivity contribution in [3.63, 3.8) is 0 Å². The van der Waals surface area contributed by atoms with Gasteiger partial charge in [-0.05, 0) is 52.9 Å². The molecule has 0 bridgehead atoms. The van der Waals surface area contributed by atoms with Crippen molar-refractivity contribution in [2.24, 2.45) is 0 Å². The molecule has 2 aromatic heterocycles. The quantitative estimate of drug-likeness (QED) is 0.601. The summed E-state index contributed by atoms with van der Waals surface area (Å²) in [6.07, 6.45) is 0. The molecule has 2 heterocycles. The van der Waals surface area contributed by atoms with Gasteiger partial charge in [-0.3, -0.25) is 0 Å². The van der Waals surface area contributed by atoms with Crippen LogP contribution in [0.2, 0.25) is 0 Å². The molecule has 1 unspecified atom stereocenters. The van der Waals surface area contributed by atoms with Crippen LogP contribution in [0.25, 0.3) is 0 Å². The van der Waals surface area contributed by atoms with Crippen molar-refractivity contribution in [3.05, 3.63) is 42.2 Å². The van der Waals surface area contributed by atoms with Crippen LogP contribution in [0.1, 0.15) is 25.0 Å². The first-order chi connectivity index (χ1) is 7.09. The van der Waals surface area contributed by atoms with Crippen LogP contribution in [0.15, 0.2) is 22.0 Å². The van der Waals surface area contributed by atoms with Crippen molar-refractivity contribution in [1.29, 1.82) is 0 Å². The Morgan fingerprint density at radius 2 is 2.07 bits per heavy atom. The average molecular weight is 366 g/mol. The van der Waals surface area contributed by atoms with E-state index in [4.69, 9.17) is 0 Å². The zero-order valence-electron chi connectivity index (χ0n) is 8.38. The van der Waals surface area contributed by atoms with Crippen LogP contribution in [0.3, 0.4) is 0 Å². The molecule has 1 atom stereocenters. The molecule has 0 aliphatic rings. The molecular weight excluding hydrogens is 356 g/mol. The fourth-order valence-corrected chi connectivity index (χ4v) is 5.33. The summed E-state index contributed by atoms with van der Waals surface area (Å²) in [4.78, 5) is 4.45. The molecule has 0 aliphatic heterocycles. The summed E-state index contributed by atoms with van der Waals surface area (Å²) < 4.78 is 1.19. The van der Waals surface area contributed by atoms with Gasteiger partial charge in [-0.1, -0.05) is 15.9 Å². The second-order valence-corrected chi connectivity index (χ2v) is 7.39. The number of aryl methyl sites for hydroxylation is 2. The molecule has 0 saturated heterocycles. The van der Waals surface area contributed by atoms with Crippen molar-refractivity contribution in [2.75, 3.05) is 0 Å². The molecule has 0 N–H and O–H groups in total. The molecule has 15 heavy (non-hydrogen) atoms. The Kier molecular flexibility index (Phi) is 3.71. The maximum atomic E-state index is 3.76. The Labute approximate surface area is 115 Å². The number of hydrogen-bond donors (Lipinski definition) is 0. The van der Waals surface area contributed by atoms with Crippen LogP contribution in [0.5, 0.6) is 0 Å². The highest BCUT2D eigenvalue weighted by molar-refractivity contribution is 9.11. The van der Waals surface area contributed by atoms with Crippen molar-refractivity contribution < 1.29 is 0 Å². The normalized spacial score (nSPS) is 13.1. The highest BCUT2D eigenvalue weighted by atomic mass is 79.9. The first-order valence-corrected chi connectivity index (χ1v) is 7.94. The predicted molar refractivity (Wildman–Crippen MR) is 76.6 cm³/mol. The van der Waals surface area contributed by atoms with Crippen LogP contribution in [-0.4, -0.2) is 0 Å². The van der Waals surface area contributed by atoms with Crippen LogP contribution in [0.4, 0.5) is 0 Å². The minimum absolute atomic E-state index is 0.323. The summed E-state index contributed by atoms with van der Waals surface area (Å²) in [7, 11) is 0. The van der Waals surface area contributed by atoms with E-state index in [2.05, 4.69) is 63.2 Å². The lowest BCUT2D eigenvalue weighted by atomic mass is 10.2. The molecule has 0 radical (unpaired) electrons. The number of alkyl halides is 1. The van der Waals surface area contributed by atoms with Gasteiger partial charge in [0.2, 0.25) is 0 Å². The van der Waals surface area contributed by atoms with E-state index >= 15 is 0 Å². The SMILES string of the molecule is Cc1cc(C(Br)c2sccc2Br)sc1C. The number of halogens is 2. The van der Waals surface area contributed by atoms with Crippen LogP contribution in [-0.2, 0) is 0 Å². The molecule has 80 valence electrons. The van der Waals surface area contributed by atoms with Gasteiger partial charge in [0.1, 0.15) is 0 Å². The maximum absolute atomic E-state index is 3.76. The third-order valence-corrected chi connectivity index (χ3v) is 7.02. The predicted octanol–water partition coefficient (Wildman–Crippen LogP) is 5.67. The Balaban J connectivity index is 2.36. The molecule has 0 aromatic carbocycles. The number of hydrogen-bond acceptors (Lipinski definition) is 2. The third kappa shape index (κ3) is 2.38. The minimum atomic E-state index is 0.323. The molecule has 2 rings (SSSR count). The van der Waals surface area contributed by atoms with E-state index in [1.807, 2.05) is 11.3 Å². The maximum Gasteiger partial charge on any atom is 0.0842 e. The van der Waals surface area contributed by atoms with E-state index < -0.39 is 0 Å². The Hall–Kier alpha value is 0.360. The zero-order valence-corrected chi connectivity index (χ0v) is 13.2. The van der Waals surface area contributed by atoms with Crippen LogP contribution < -0.4 is 0 Å². The standard InChI is InChI=1S/C11H10Br2S2/c1-6-5-9(15-7(6)2)10(13)11-8(12)3-4-14-11/h3-5,10H,1-2H3. The fourth-order valence-electron chi connectivity index (χ4n) is 1.34. The molecule has 2 aromatic rings. The lowest BCUT2D eigenvalue weighted by Gasteiger charge is -2.05. The fraction of sp³-hybridized carbons (Fsp3) is 0.273. The monoisotopic (exact) mass is 364 g/mol. The topological polar surface area (TPSA) is 0 Å². The molecule has 0 fully saturated rings. The zero-order chi connectivity index (χ0) is 11.0. The van der Waals surface area contributed by atoms with Crippen LogP contribution in [0, 0.1) is 13.8 Å². The second kappa shape index (κ2) is 4.70. The van der Waals surface area contributed by atoms with E-state index in [-0.39, 0.29) is 0 Å². The largest absolute Gasteiger partial charge is 0.146 e. The lowest BCUT2D eigenvalue weighted by molar-refractivity contribution is 1.26. The van der Waals surface area contributed by atoms with Gasteiger partial charge >= 0.3 is 0 Å². The summed E-state index contributed by atoms with van der Waals surface area (Å²) in [6.45, 7) is 4.34. The summed E-state index contributed by atoms with van der Waals surface area (Å²) in [5.74, 6) is 0. The van der Waals surface area contributed by atoms with E-state index in [1.54, 1.807) is 11.3 Å². The van der Waals surface area contributed by atoms with E-state index in [9.17, 15) is 0 Å². The van der Waals surface area contributed by atoms with Crippen LogP contribution >= 0.6 is 54.5 Å². The van der Waals surface area contributed by atoms with E-state index in [0.717, 1.165) is 0 Å². The first-order valence-electron chi connectivity index (χ1n) is 4.53. The second-order valence-electron chi connectivity index (χ2n) is 3.38. The molecule has 0 amide bonds. The summed E-state index contributed by atoms with van der Waals surface area (Å²) in [5, 5.41) is 2.11. The number of rotatable bonds is 2. The van der Waals surface area contributed by atoms with E-state index in [0.29, 0.717) is 4.83 Å². The van der Waals surface area contributed by atoms with Gasteiger partial charge in [0.15, 0.2) is 0 Å². The van der Waals surface area contributed by atoms with Crippen molar-refractivity contribution in [1.82, 2.24) is 0 Å². The third-order valence-electron chi connectivity index (χ3n) is 2.31. The van der Waals surface area contributed by atoms with Gasteiger partial charge in [-0.2, -0.15) is 0 Å². The molecular formula is C11H10Br2S2. The summed E-state index contributed by atoms with van der Waals surface area (Å²) >= 11 is 11.0. The summed E-state index contributed by atoms with van der Waals surface area (Å²) in [6, 6.07) is 4.37. The smallest absolute Gasteiger partial charge is 0.0842 e. The minimum Gasteiger partial charge on any atom is -0.146 e.